The van der Waals surface area contributed by atoms with Gasteiger partial charge in [-0.2, -0.15) is 5.10 Å². The summed E-state index contributed by atoms with van der Waals surface area (Å²) in [5, 5.41) is 6.67. The van der Waals surface area contributed by atoms with Gasteiger partial charge in [-0.3, -0.25) is 9.59 Å². The summed E-state index contributed by atoms with van der Waals surface area (Å²) < 4.78 is 5.62. The summed E-state index contributed by atoms with van der Waals surface area (Å²) in [5.74, 6) is 0.180. The van der Waals surface area contributed by atoms with E-state index in [0.29, 0.717) is 12.3 Å². The van der Waals surface area contributed by atoms with Gasteiger partial charge in [0.05, 0.1) is 12.8 Å². The highest BCUT2D eigenvalue weighted by Gasteiger charge is 2.06. The van der Waals surface area contributed by atoms with Crippen LogP contribution >= 0.6 is 0 Å². The van der Waals surface area contributed by atoms with Crippen LogP contribution in [0.2, 0.25) is 0 Å². The van der Waals surface area contributed by atoms with E-state index in [2.05, 4.69) is 15.8 Å². The van der Waals surface area contributed by atoms with Crippen molar-refractivity contribution in [1.82, 2.24) is 5.43 Å². The molecule has 26 heavy (non-hydrogen) atoms. The Kier molecular flexibility index (Phi) is 7.86. The van der Waals surface area contributed by atoms with Gasteiger partial charge < -0.3 is 10.1 Å². The molecule has 2 aromatic carbocycles. The van der Waals surface area contributed by atoms with Gasteiger partial charge in [-0.25, -0.2) is 5.43 Å². The average molecular weight is 353 g/mol. The number of amides is 2. The molecule has 0 spiro atoms. The Morgan fingerprint density at radius 1 is 1.00 bits per heavy atom. The van der Waals surface area contributed by atoms with Crippen molar-refractivity contribution in [2.45, 2.75) is 26.2 Å². The van der Waals surface area contributed by atoms with E-state index < -0.39 is 0 Å². The standard InChI is InChI=1S/C20H23N3O3/c1-2-14-26-18-11-7-6-8-16(18)15-21-23-20(25)13-12-19(24)22-17-9-4-3-5-10-17/h3-11,15H,2,12-14H2,1H3,(H,22,24)(H,23,25). The highest BCUT2D eigenvalue weighted by Crippen LogP contribution is 2.15. The molecule has 0 radical (unpaired) electrons. The predicted octanol–water partition coefficient (Wildman–Crippen LogP) is 3.34. The minimum atomic E-state index is -0.323. The zero-order valence-corrected chi connectivity index (χ0v) is 14.8. The highest BCUT2D eigenvalue weighted by atomic mass is 16.5. The number of carbonyl (C=O) groups is 2. The molecule has 0 fully saturated rings. The molecule has 2 aromatic rings. The Balaban J connectivity index is 1.76. The summed E-state index contributed by atoms with van der Waals surface area (Å²) in [5.41, 5.74) is 3.92. The molecule has 0 saturated carbocycles. The third-order valence-electron chi connectivity index (χ3n) is 3.41. The summed E-state index contributed by atoms with van der Waals surface area (Å²) in [7, 11) is 0. The number of para-hydroxylation sites is 2. The minimum Gasteiger partial charge on any atom is -0.493 e. The van der Waals surface area contributed by atoms with E-state index in [1.165, 1.54) is 6.21 Å². The Bertz CT molecular complexity index is 745. The Hall–Kier alpha value is -3.15. The van der Waals surface area contributed by atoms with E-state index in [4.69, 9.17) is 4.74 Å². The van der Waals surface area contributed by atoms with Crippen LogP contribution in [-0.4, -0.2) is 24.6 Å². The first-order chi connectivity index (χ1) is 12.7. The summed E-state index contributed by atoms with van der Waals surface area (Å²) in [4.78, 5) is 23.6. The molecule has 0 unspecified atom stereocenters. The number of hydrogen-bond donors (Lipinski definition) is 2. The van der Waals surface area contributed by atoms with Crippen molar-refractivity contribution in [3.63, 3.8) is 0 Å². The maximum Gasteiger partial charge on any atom is 0.240 e. The van der Waals surface area contributed by atoms with Crippen LogP contribution < -0.4 is 15.5 Å². The molecule has 2 N–H and O–H groups in total. The summed E-state index contributed by atoms with van der Waals surface area (Å²) in [6.45, 7) is 2.65. The molecule has 0 aliphatic heterocycles. The summed E-state index contributed by atoms with van der Waals surface area (Å²) in [6, 6.07) is 16.6. The summed E-state index contributed by atoms with van der Waals surface area (Å²) >= 11 is 0. The fourth-order valence-corrected chi connectivity index (χ4v) is 2.13. The molecule has 6 nitrogen and oxygen atoms in total. The molecule has 0 atom stereocenters. The number of nitrogens with one attached hydrogen (secondary N) is 2. The number of carbonyl (C=O) groups excluding carboxylic acids is 2. The molecule has 0 aromatic heterocycles. The van der Waals surface area contributed by atoms with Crippen molar-refractivity contribution in [2.24, 2.45) is 5.10 Å². The normalized spacial score (nSPS) is 10.5. The lowest BCUT2D eigenvalue weighted by atomic mass is 10.2. The van der Waals surface area contributed by atoms with Crippen molar-refractivity contribution in [2.75, 3.05) is 11.9 Å². The van der Waals surface area contributed by atoms with Gasteiger partial charge in [-0.05, 0) is 30.7 Å². The van der Waals surface area contributed by atoms with Gasteiger partial charge in [-0.15, -0.1) is 0 Å². The first-order valence-corrected chi connectivity index (χ1v) is 8.57. The highest BCUT2D eigenvalue weighted by molar-refractivity contribution is 5.93. The fourth-order valence-electron chi connectivity index (χ4n) is 2.13. The second-order valence-electron chi connectivity index (χ2n) is 5.59. The number of anilines is 1. The Morgan fingerprint density at radius 2 is 1.69 bits per heavy atom. The largest absolute Gasteiger partial charge is 0.493 e. The van der Waals surface area contributed by atoms with Crippen molar-refractivity contribution in [3.05, 3.63) is 60.2 Å². The zero-order chi connectivity index (χ0) is 18.6. The number of hydrogen-bond acceptors (Lipinski definition) is 4. The van der Waals surface area contributed by atoms with Gasteiger partial charge in [0.2, 0.25) is 11.8 Å². The van der Waals surface area contributed by atoms with Crippen molar-refractivity contribution < 1.29 is 14.3 Å². The second-order valence-corrected chi connectivity index (χ2v) is 5.59. The molecule has 0 saturated heterocycles. The van der Waals surface area contributed by atoms with Crippen LogP contribution in [0.25, 0.3) is 0 Å². The number of rotatable bonds is 9. The van der Waals surface area contributed by atoms with E-state index in [1.54, 1.807) is 12.1 Å². The second kappa shape index (κ2) is 10.7. The van der Waals surface area contributed by atoms with Crippen molar-refractivity contribution in [3.8, 4) is 5.75 Å². The van der Waals surface area contributed by atoms with Crippen LogP contribution in [0.3, 0.4) is 0 Å². The van der Waals surface area contributed by atoms with Crippen LogP contribution in [0, 0.1) is 0 Å². The number of hydrazone groups is 1. The lowest BCUT2D eigenvalue weighted by Gasteiger charge is -2.07. The smallest absolute Gasteiger partial charge is 0.240 e. The van der Waals surface area contributed by atoms with Crippen molar-refractivity contribution in [1.29, 1.82) is 0 Å². The molecule has 0 aliphatic carbocycles. The topological polar surface area (TPSA) is 79.8 Å². The predicted molar refractivity (Wildman–Crippen MR) is 102 cm³/mol. The van der Waals surface area contributed by atoms with E-state index >= 15 is 0 Å². The Morgan fingerprint density at radius 3 is 2.46 bits per heavy atom. The van der Waals surface area contributed by atoms with E-state index in [1.807, 2.05) is 49.4 Å². The van der Waals surface area contributed by atoms with Gasteiger partial charge in [0.25, 0.3) is 0 Å². The zero-order valence-electron chi connectivity index (χ0n) is 14.8. The quantitative estimate of drug-likeness (QED) is 0.536. The molecular weight excluding hydrogens is 330 g/mol. The molecule has 0 aliphatic rings. The number of nitrogens with zero attached hydrogens (tertiary/aromatic N) is 1. The fraction of sp³-hybridized carbons (Fsp3) is 0.250. The van der Waals surface area contributed by atoms with Gasteiger partial charge >= 0.3 is 0 Å². The maximum absolute atomic E-state index is 11.8. The molecule has 0 bridgehead atoms. The van der Waals surface area contributed by atoms with Gasteiger partial charge in [0.15, 0.2) is 0 Å². The van der Waals surface area contributed by atoms with Crippen LogP contribution in [0.4, 0.5) is 5.69 Å². The Labute approximate surface area is 153 Å². The molecular formula is C20H23N3O3. The summed E-state index contributed by atoms with van der Waals surface area (Å²) in [6.07, 6.45) is 2.59. The minimum absolute atomic E-state index is 0.0595. The molecule has 2 rings (SSSR count). The van der Waals surface area contributed by atoms with Crippen LogP contribution in [0.5, 0.6) is 5.75 Å². The van der Waals surface area contributed by atoms with Crippen LogP contribution in [0.15, 0.2) is 59.7 Å². The van der Waals surface area contributed by atoms with E-state index in [-0.39, 0.29) is 24.7 Å². The molecule has 6 heteroatoms. The SMILES string of the molecule is CCCOc1ccccc1C=NNC(=O)CCC(=O)Nc1ccccc1. The third kappa shape index (κ3) is 6.76. The molecule has 0 heterocycles. The van der Waals surface area contributed by atoms with Crippen LogP contribution in [0.1, 0.15) is 31.7 Å². The average Bonchev–Trinajstić information content (AvgIpc) is 2.66. The van der Waals surface area contributed by atoms with Crippen LogP contribution in [-0.2, 0) is 9.59 Å². The van der Waals surface area contributed by atoms with Gasteiger partial charge in [0.1, 0.15) is 5.75 Å². The van der Waals surface area contributed by atoms with Gasteiger partial charge in [-0.1, -0.05) is 37.3 Å². The van der Waals surface area contributed by atoms with Gasteiger partial charge in [0, 0.05) is 24.1 Å². The third-order valence-corrected chi connectivity index (χ3v) is 3.41. The monoisotopic (exact) mass is 353 g/mol. The maximum atomic E-state index is 11.8. The van der Waals surface area contributed by atoms with E-state index in [0.717, 1.165) is 17.7 Å². The molecule has 136 valence electrons. The first kappa shape index (κ1) is 19.2. The lowest BCUT2D eigenvalue weighted by molar-refractivity contribution is -0.124. The van der Waals surface area contributed by atoms with E-state index in [9.17, 15) is 9.59 Å². The first-order valence-electron chi connectivity index (χ1n) is 8.57. The lowest BCUT2D eigenvalue weighted by Crippen LogP contribution is -2.20. The molecule has 2 amide bonds. The number of benzene rings is 2. The van der Waals surface area contributed by atoms with Crippen molar-refractivity contribution >= 4 is 23.7 Å². The number of ether oxygens (including phenoxy) is 1.